The van der Waals surface area contributed by atoms with Crippen LogP contribution in [0.2, 0.25) is 0 Å². The van der Waals surface area contributed by atoms with Crippen molar-refractivity contribution in [2.24, 2.45) is 0 Å². The van der Waals surface area contributed by atoms with E-state index < -0.39 is 12.2 Å². The molecule has 0 fully saturated rings. The molecule has 0 saturated carbocycles. The molecule has 0 aliphatic carbocycles. The fraction of sp³-hybridized carbons (Fsp3) is 0.182. The number of halogens is 2. The maximum atomic E-state index is 12.6. The number of fused-ring (bicyclic) bond motifs is 2. The van der Waals surface area contributed by atoms with Crippen LogP contribution in [0.5, 0.6) is 5.75 Å². The minimum atomic E-state index is -0.872. The topological polar surface area (TPSA) is 102 Å². The van der Waals surface area contributed by atoms with Crippen molar-refractivity contribution in [1.29, 1.82) is 0 Å². The number of hydrogen-bond donors (Lipinski definition) is 2. The van der Waals surface area contributed by atoms with Crippen molar-refractivity contribution in [3.8, 4) is 5.75 Å². The number of rotatable bonds is 11. The SMILES string of the molecule is COC(=O)Nc1cc(COC(=O)Oc2ccc(N(CCCl)CCCl)cc2)cc(Nc2c3ccccc3nc3ccccc23)c1. The molecular formula is C33H30Cl2N4O5. The molecule has 44 heavy (non-hydrogen) atoms. The number of hydrogen-bond acceptors (Lipinski definition) is 8. The van der Waals surface area contributed by atoms with E-state index in [0.717, 1.165) is 33.2 Å². The van der Waals surface area contributed by atoms with E-state index in [1.807, 2.05) is 71.6 Å². The number of benzene rings is 4. The van der Waals surface area contributed by atoms with Gasteiger partial charge in [-0.3, -0.25) is 5.32 Å². The molecule has 1 heterocycles. The van der Waals surface area contributed by atoms with Crippen LogP contribution in [0.15, 0.2) is 91.0 Å². The van der Waals surface area contributed by atoms with Crippen molar-refractivity contribution < 1.29 is 23.8 Å². The van der Waals surface area contributed by atoms with Crippen molar-refractivity contribution in [2.75, 3.05) is 47.5 Å². The zero-order valence-corrected chi connectivity index (χ0v) is 25.4. The Hall–Kier alpha value is -4.73. The third kappa shape index (κ3) is 7.61. The van der Waals surface area contributed by atoms with Crippen molar-refractivity contribution in [3.05, 3.63) is 96.6 Å². The predicted octanol–water partition coefficient (Wildman–Crippen LogP) is 8.31. The van der Waals surface area contributed by atoms with Crippen LogP contribution < -0.4 is 20.3 Å². The maximum Gasteiger partial charge on any atom is 0.514 e. The minimum Gasteiger partial charge on any atom is -0.453 e. The molecule has 0 aliphatic rings. The van der Waals surface area contributed by atoms with E-state index in [4.69, 9.17) is 42.4 Å². The lowest BCUT2D eigenvalue weighted by molar-refractivity contribution is 0.0928. The van der Waals surface area contributed by atoms with E-state index in [2.05, 4.69) is 10.6 Å². The first kappa shape index (κ1) is 30.7. The standard InChI is InChI=1S/C33H30Cl2N4O5/c1-42-32(40)37-24-19-22(21-43-33(41)44-26-12-10-25(11-13-26)39(16-14-34)17-15-35)18-23(20-24)36-31-27-6-2-4-8-29(27)38-30-9-5-3-7-28(30)31/h2-13,18-20H,14-17,21H2,1H3,(H,36,38)(H,37,40). The quantitative estimate of drug-likeness (QED) is 0.0648. The molecule has 2 N–H and O–H groups in total. The summed E-state index contributed by atoms with van der Waals surface area (Å²) in [4.78, 5) is 31.4. The first-order valence-corrected chi connectivity index (χ1v) is 14.9. The molecule has 9 nitrogen and oxygen atoms in total. The molecule has 0 spiro atoms. The molecule has 5 rings (SSSR count). The van der Waals surface area contributed by atoms with Gasteiger partial charge in [-0.05, 0) is 60.2 Å². The summed E-state index contributed by atoms with van der Waals surface area (Å²) in [5, 5.41) is 8.04. The molecule has 0 saturated heterocycles. The molecule has 0 aliphatic heterocycles. The van der Waals surface area contributed by atoms with E-state index in [1.165, 1.54) is 7.11 Å². The highest BCUT2D eigenvalue weighted by Gasteiger charge is 2.14. The largest absolute Gasteiger partial charge is 0.514 e. The number of pyridine rings is 1. The van der Waals surface area contributed by atoms with Gasteiger partial charge >= 0.3 is 12.2 Å². The number of ether oxygens (including phenoxy) is 3. The lowest BCUT2D eigenvalue weighted by Crippen LogP contribution is -2.27. The van der Waals surface area contributed by atoms with Crippen LogP contribution in [0.4, 0.5) is 32.3 Å². The third-order valence-corrected chi connectivity index (χ3v) is 7.09. The van der Waals surface area contributed by atoms with Gasteiger partial charge in [0.1, 0.15) is 12.4 Å². The van der Waals surface area contributed by atoms with Crippen molar-refractivity contribution in [1.82, 2.24) is 4.98 Å². The number of nitrogens with zero attached hydrogens (tertiary/aromatic N) is 2. The lowest BCUT2D eigenvalue weighted by Gasteiger charge is -2.22. The van der Waals surface area contributed by atoms with Crippen LogP contribution in [-0.4, -0.2) is 49.2 Å². The summed E-state index contributed by atoms with van der Waals surface area (Å²) in [6.45, 7) is 1.18. The van der Waals surface area contributed by atoms with E-state index in [0.29, 0.717) is 47.5 Å². The number of alkyl halides is 2. The summed E-state index contributed by atoms with van der Waals surface area (Å²) in [6, 6.07) is 28.0. The monoisotopic (exact) mass is 632 g/mol. The number of carbonyl (C=O) groups excluding carboxylic acids is 2. The highest BCUT2D eigenvalue weighted by atomic mass is 35.5. The van der Waals surface area contributed by atoms with Gasteiger partial charge in [-0.2, -0.15) is 0 Å². The normalized spacial score (nSPS) is 10.8. The molecule has 5 aromatic rings. The van der Waals surface area contributed by atoms with Crippen LogP contribution in [0, 0.1) is 0 Å². The summed E-state index contributed by atoms with van der Waals surface area (Å²) in [7, 11) is 1.28. The lowest BCUT2D eigenvalue weighted by atomic mass is 10.1. The summed E-state index contributed by atoms with van der Waals surface area (Å²) >= 11 is 11.8. The zero-order chi connectivity index (χ0) is 30.9. The van der Waals surface area contributed by atoms with Gasteiger partial charge in [0.15, 0.2) is 0 Å². The van der Waals surface area contributed by atoms with Crippen LogP contribution in [0.1, 0.15) is 5.56 Å². The molecule has 0 atom stereocenters. The van der Waals surface area contributed by atoms with Gasteiger partial charge in [0.2, 0.25) is 0 Å². The molecule has 4 aromatic carbocycles. The Morgan fingerprint density at radius 2 is 1.43 bits per heavy atom. The Morgan fingerprint density at radius 3 is 2.05 bits per heavy atom. The van der Waals surface area contributed by atoms with Crippen molar-refractivity contribution >= 4 is 80.0 Å². The number of anilines is 4. The summed E-state index contributed by atoms with van der Waals surface area (Å²) in [6.07, 6.45) is -1.50. The third-order valence-electron chi connectivity index (χ3n) is 6.75. The van der Waals surface area contributed by atoms with Gasteiger partial charge in [0.25, 0.3) is 0 Å². The number of para-hydroxylation sites is 2. The molecular weight excluding hydrogens is 603 g/mol. The van der Waals surface area contributed by atoms with Crippen molar-refractivity contribution in [3.63, 3.8) is 0 Å². The van der Waals surface area contributed by atoms with Crippen molar-refractivity contribution in [2.45, 2.75) is 6.61 Å². The van der Waals surface area contributed by atoms with Gasteiger partial charge in [-0.1, -0.05) is 36.4 Å². The Morgan fingerprint density at radius 1 is 0.818 bits per heavy atom. The van der Waals surface area contributed by atoms with E-state index in [-0.39, 0.29) is 6.61 Å². The molecule has 0 bridgehead atoms. The second-order valence-electron chi connectivity index (χ2n) is 9.68. The van der Waals surface area contributed by atoms with Gasteiger partial charge in [0, 0.05) is 52.7 Å². The second-order valence-corrected chi connectivity index (χ2v) is 10.4. The van der Waals surface area contributed by atoms with Gasteiger partial charge in [-0.25, -0.2) is 14.6 Å². The van der Waals surface area contributed by atoms with Crippen LogP contribution in [0.3, 0.4) is 0 Å². The number of nitrogens with one attached hydrogen (secondary N) is 2. The van der Waals surface area contributed by atoms with E-state index in [9.17, 15) is 9.59 Å². The average Bonchev–Trinajstić information content (AvgIpc) is 3.04. The maximum absolute atomic E-state index is 12.6. The highest BCUT2D eigenvalue weighted by Crippen LogP contribution is 2.34. The Kier molecular flexibility index (Phi) is 10.2. The fourth-order valence-electron chi connectivity index (χ4n) is 4.77. The molecule has 1 amide bonds. The first-order valence-electron chi connectivity index (χ1n) is 13.8. The molecule has 11 heteroatoms. The number of carbonyl (C=O) groups is 2. The number of aromatic nitrogens is 1. The van der Waals surface area contributed by atoms with Crippen LogP contribution in [0.25, 0.3) is 21.8 Å². The second kappa shape index (κ2) is 14.6. The minimum absolute atomic E-state index is 0.112. The smallest absolute Gasteiger partial charge is 0.453 e. The van der Waals surface area contributed by atoms with Gasteiger partial charge < -0.3 is 24.4 Å². The van der Waals surface area contributed by atoms with Gasteiger partial charge in [0.05, 0.1) is 23.8 Å². The highest BCUT2D eigenvalue weighted by molar-refractivity contribution is 6.18. The molecule has 0 unspecified atom stereocenters. The Balaban J connectivity index is 1.35. The molecule has 0 radical (unpaired) electrons. The molecule has 226 valence electrons. The average molecular weight is 634 g/mol. The van der Waals surface area contributed by atoms with E-state index in [1.54, 1.807) is 24.3 Å². The Bertz CT molecular complexity index is 1710. The van der Waals surface area contributed by atoms with Crippen LogP contribution >= 0.6 is 23.2 Å². The number of methoxy groups -OCH3 is 1. The fourth-order valence-corrected chi connectivity index (χ4v) is 5.18. The summed E-state index contributed by atoms with van der Waals surface area (Å²) < 4.78 is 15.6. The van der Waals surface area contributed by atoms with Crippen LogP contribution in [-0.2, 0) is 16.1 Å². The zero-order valence-electron chi connectivity index (χ0n) is 23.9. The Labute approximate surface area is 264 Å². The number of amides is 1. The van der Waals surface area contributed by atoms with E-state index >= 15 is 0 Å². The molecule has 1 aromatic heterocycles. The van der Waals surface area contributed by atoms with Gasteiger partial charge in [-0.15, -0.1) is 23.2 Å². The first-order chi connectivity index (χ1) is 21.5. The predicted molar refractivity (Wildman–Crippen MR) is 176 cm³/mol. The summed E-state index contributed by atoms with van der Waals surface area (Å²) in [5.74, 6) is 1.26. The summed E-state index contributed by atoms with van der Waals surface area (Å²) in [5.41, 5.74) is 5.15.